The van der Waals surface area contributed by atoms with Gasteiger partial charge in [0.25, 0.3) is 11.6 Å². The van der Waals surface area contributed by atoms with Crippen molar-refractivity contribution in [3.8, 4) is 0 Å². The quantitative estimate of drug-likeness (QED) is 0.693. The fourth-order valence-electron chi connectivity index (χ4n) is 1.83. The Hall–Kier alpha value is -2.28. The summed E-state index contributed by atoms with van der Waals surface area (Å²) in [6.45, 7) is 3.72. The minimum Gasteiger partial charge on any atom is -0.345 e. The number of hydrogen-bond donors (Lipinski definition) is 1. The predicted octanol–water partition coefficient (Wildman–Crippen LogP) is 3.59. The molecule has 110 valence electrons. The van der Waals surface area contributed by atoms with Crippen LogP contribution in [0, 0.1) is 22.9 Å². The van der Waals surface area contributed by atoms with Gasteiger partial charge in [-0.3, -0.25) is 14.9 Å². The van der Waals surface area contributed by atoms with E-state index in [9.17, 15) is 19.3 Å². The molecule has 1 amide bonds. The van der Waals surface area contributed by atoms with Crippen molar-refractivity contribution in [3.63, 3.8) is 0 Å². The third-order valence-electron chi connectivity index (χ3n) is 2.94. The van der Waals surface area contributed by atoms with Gasteiger partial charge in [-0.1, -0.05) is 0 Å². The monoisotopic (exact) mass is 308 g/mol. The highest BCUT2D eigenvalue weighted by Gasteiger charge is 2.19. The average molecular weight is 308 g/mol. The maximum absolute atomic E-state index is 13.7. The molecule has 1 atom stereocenters. The summed E-state index contributed by atoms with van der Waals surface area (Å²) in [6, 6.07) is 6.41. The van der Waals surface area contributed by atoms with E-state index in [-0.39, 0.29) is 17.3 Å². The first-order valence-electron chi connectivity index (χ1n) is 6.19. The van der Waals surface area contributed by atoms with E-state index in [0.717, 1.165) is 28.0 Å². The van der Waals surface area contributed by atoms with Crippen LogP contribution < -0.4 is 5.32 Å². The van der Waals surface area contributed by atoms with E-state index in [4.69, 9.17) is 0 Å². The predicted molar refractivity (Wildman–Crippen MR) is 78.0 cm³/mol. The molecule has 0 saturated heterocycles. The second kappa shape index (κ2) is 6.01. The van der Waals surface area contributed by atoms with Crippen molar-refractivity contribution < 1.29 is 14.1 Å². The fourth-order valence-corrected chi connectivity index (χ4v) is 2.71. The number of carbonyl (C=O) groups is 1. The van der Waals surface area contributed by atoms with Crippen LogP contribution in [0.1, 0.15) is 33.1 Å². The topological polar surface area (TPSA) is 72.2 Å². The molecule has 0 aliphatic rings. The number of rotatable bonds is 4. The van der Waals surface area contributed by atoms with Gasteiger partial charge < -0.3 is 5.32 Å². The molecule has 0 aliphatic heterocycles. The second-order valence-electron chi connectivity index (χ2n) is 4.56. The number of nitro groups is 1. The molecule has 0 spiro atoms. The number of benzene rings is 1. The number of nitrogens with one attached hydrogen (secondary N) is 1. The highest BCUT2D eigenvalue weighted by atomic mass is 32.1. The molecule has 21 heavy (non-hydrogen) atoms. The number of non-ortho nitro benzene ring substituents is 1. The molecule has 0 saturated carbocycles. The second-order valence-corrected chi connectivity index (χ2v) is 5.88. The Morgan fingerprint density at radius 2 is 2.10 bits per heavy atom. The molecule has 1 N–H and O–H groups in total. The van der Waals surface area contributed by atoms with Gasteiger partial charge in [0.2, 0.25) is 0 Å². The molecule has 1 unspecified atom stereocenters. The van der Waals surface area contributed by atoms with E-state index in [0.29, 0.717) is 0 Å². The molecule has 1 aromatic carbocycles. The van der Waals surface area contributed by atoms with Crippen LogP contribution in [0.25, 0.3) is 0 Å². The summed E-state index contributed by atoms with van der Waals surface area (Å²) < 4.78 is 13.7. The first-order chi connectivity index (χ1) is 9.88. The minimum atomic E-state index is -0.785. The van der Waals surface area contributed by atoms with Gasteiger partial charge in [0.1, 0.15) is 5.82 Å². The van der Waals surface area contributed by atoms with E-state index in [1.54, 1.807) is 6.92 Å². The van der Waals surface area contributed by atoms with Gasteiger partial charge in [-0.2, -0.15) is 0 Å². The standard InChI is InChI=1S/C14H13FN2O3S/c1-8-3-6-13(21-8)9(2)16-14(18)11-7-10(17(19)20)4-5-12(11)15/h3-7,9H,1-2H3,(H,16,18). The molecule has 0 aliphatic carbocycles. The number of aryl methyl sites for hydroxylation is 1. The highest BCUT2D eigenvalue weighted by Crippen LogP contribution is 2.23. The van der Waals surface area contributed by atoms with Gasteiger partial charge in [0.05, 0.1) is 16.5 Å². The minimum absolute atomic E-state index is 0.296. The molecule has 1 aromatic heterocycles. The SMILES string of the molecule is Cc1ccc(C(C)NC(=O)c2cc([N+](=O)[O-])ccc2F)s1. The van der Waals surface area contributed by atoms with Crippen LogP contribution in [-0.2, 0) is 0 Å². The molecular formula is C14H13FN2O3S. The zero-order chi connectivity index (χ0) is 15.6. The van der Waals surface area contributed by atoms with Gasteiger partial charge in [0, 0.05) is 21.9 Å². The smallest absolute Gasteiger partial charge is 0.270 e. The first kappa shape index (κ1) is 15.1. The normalized spacial score (nSPS) is 12.0. The molecule has 2 rings (SSSR count). The Labute approximate surface area is 124 Å². The van der Waals surface area contributed by atoms with E-state index >= 15 is 0 Å². The maximum atomic E-state index is 13.7. The van der Waals surface area contributed by atoms with Crippen LogP contribution >= 0.6 is 11.3 Å². The number of hydrogen-bond acceptors (Lipinski definition) is 4. The lowest BCUT2D eigenvalue weighted by molar-refractivity contribution is -0.384. The van der Waals surface area contributed by atoms with Crippen LogP contribution in [0.2, 0.25) is 0 Å². The van der Waals surface area contributed by atoms with Gasteiger partial charge in [-0.25, -0.2) is 4.39 Å². The lowest BCUT2D eigenvalue weighted by Crippen LogP contribution is -2.27. The van der Waals surface area contributed by atoms with Gasteiger partial charge in [-0.05, 0) is 32.0 Å². The lowest BCUT2D eigenvalue weighted by Gasteiger charge is -2.12. The van der Waals surface area contributed by atoms with Crippen molar-refractivity contribution in [2.45, 2.75) is 19.9 Å². The number of carbonyl (C=O) groups excluding carboxylic acids is 1. The van der Waals surface area contributed by atoms with E-state index in [1.165, 1.54) is 11.3 Å². The van der Waals surface area contributed by atoms with Crippen LogP contribution in [0.15, 0.2) is 30.3 Å². The molecule has 2 aromatic rings. The number of amides is 1. The van der Waals surface area contributed by atoms with Crippen molar-refractivity contribution in [2.75, 3.05) is 0 Å². The molecule has 0 radical (unpaired) electrons. The third-order valence-corrected chi connectivity index (χ3v) is 4.12. The van der Waals surface area contributed by atoms with Gasteiger partial charge >= 0.3 is 0 Å². The summed E-state index contributed by atoms with van der Waals surface area (Å²) in [5, 5.41) is 13.3. The molecular weight excluding hydrogens is 295 g/mol. The largest absolute Gasteiger partial charge is 0.345 e. The number of nitro benzene ring substituents is 1. The van der Waals surface area contributed by atoms with Crippen molar-refractivity contribution in [2.24, 2.45) is 0 Å². The van der Waals surface area contributed by atoms with Crippen molar-refractivity contribution in [1.82, 2.24) is 5.32 Å². The number of nitrogens with zero attached hydrogens (tertiary/aromatic N) is 1. The first-order valence-corrected chi connectivity index (χ1v) is 7.01. The molecule has 5 nitrogen and oxygen atoms in total. The van der Waals surface area contributed by atoms with E-state index < -0.39 is 16.6 Å². The Kier molecular flexibility index (Phi) is 4.32. The highest BCUT2D eigenvalue weighted by molar-refractivity contribution is 7.12. The van der Waals surface area contributed by atoms with Crippen LogP contribution in [0.3, 0.4) is 0 Å². The summed E-state index contributed by atoms with van der Waals surface area (Å²) in [4.78, 5) is 24.1. The molecule has 0 fully saturated rings. The molecule has 1 heterocycles. The van der Waals surface area contributed by atoms with Crippen molar-refractivity contribution in [1.29, 1.82) is 0 Å². The summed E-state index contributed by atoms with van der Waals surface area (Å²) in [7, 11) is 0. The summed E-state index contributed by atoms with van der Waals surface area (Å²) in [6.07, 6.45) is 0. The van der Waals surface area contributed by atoms with Crippen LogP contribution in [0.5, 0.6) is 0 Å². The fraction of sp³-hybridized carbons (Fsp3) is 0.214. The molecule has 7 heteroatoms. The van der Waals surface area contributed by atoms with E-state index in [1.807, 2.05) is 19.1 Å². The Morgan fingerprint density at radius 1 is 1.38 bits per heavy atom. The summed E-state index contributed by atoms with van der Waals surface area (Å²) >= 11 is 1.53. The average Bonchev–Trinajstić information content (AvgIpc) is 2.85. The number of halogens is 1. The summed E-state index contributed by atoms with van der Waals surface area (Å²) in [5.41, 5.74) is -0.648. The van der Waals surface area contributed by atoms with Crippen molar-refractivity contribution in [3.05, 3.63) is 61.6 Å². The summed E-state index contributed by atoms with van der Waals surface area (Å²) in [5.74, 6) is -1.46. The van der Waals surface area contributed by atoms with Crippen molar-refractivity contribution >= 4 is 22.9 Å². The van der Waals surface area contributed by atoms with Crippen LogP contribution in [-0.4, -0.2) is 10.8 Å². The zero-order valence-corrected chi connectivity index (χ0v) is 12.2. The maximum Gasteiger partial charge on any atom is 0.270 e. The van der Waals surface area contributed by atoms with Gasteiger partial charge in [0.15, 0.2) is 0 Å². The zero-order valence-electron chi connectivity index (χ0n) is 11.4. The Bertz CT molecular complexity index is 699. The molecule has 0 bridgehead atoms. The Morgan fingerprint density at radius 3 is 2.67 bits per heavy atom. The van der Waals surface area contributed by atoms with Crippen LogP contribution in [0.4, 0.5) is 10.1 Å². The van der Waals surface area contributed by atoms with E-state index in [2.05, 4.69) is 5.32 Å². The lowest BCUT2D eigenvalue weighted by atomic mass is 10.1. The number of thiophene rings is 1. The van der Waals surface area contributed by atoms with Gasteiger partial charge in [-0.15, -0.1) is 11.3 Å². The third kappa shape index (κ3) is 3.43. The Balaban J connectivity index is 2.20.